The van der Waals surface area contributed by atoms with Gasteiger partial charge < -0.3 is 10.6 Å². The SMILES string of the molecule is CCNC(=NCCCSC)NC(C)c1ccccc1C.I. The third-order valence-electron chi connectivity index (χ3n) is 3.13. The number of hydrogen-bond donors (Lipinski definition) is 2. The van der Waals surface area contributed by atoms with E-state index in [2.05, 4.69) is 66.9 Å². The summed E-state index contributed by atoms with van der Waals surface area (Å²) >= 11 is 1.87. The first kappa shape index (κ1) is 20.6. The second-order valence-electron chi connectivity index (χ2n) is 4.83. The Labute approximate surface area is 150 Å². The Hall–Kier alpha value is -0.430. The van der Waals surface area contributed by atoms with Crippen LogP contribution in [0, 0.1) is 6.92 Å². The Bertz CT molecular complexity index is 424. The first-order valence-corrected chi connectivity index (χ1v) is 8.67. The zero-order valence-electron chi connectivity index (χ0n) is 13.5. The van der Waals surface area contributed by atoms with Gasteiger partial charge in [0.1, 0.15) is 0 Å². The van der Waals surface area contributed by atoms with Gasteiger partial charge in [-0.1, -0.05) is 24.3 Å². The molecule has 3 nitrogen and oxygen atoms in total. The first-order valence-electron chi connectivity index (χ1n) is 7.28. The van der Waals surface area contributed by atoms with Crippen molar-refractivity contribution in [2.75, 3.05) is 25.1 Å². The number of aryl methyl sites for hydroxylation is 1. The quantitative estimate of drug-likeness (QED) is 0.303. The molecular formula is C16H28IN3S. The minimum Gasteiger partial charge on any atom is -0.357 e. The predicted octanol–water partition coefficient (Wildman–Crippen LogP) is 3.98. The number of halogens is 1. The Morgan fingerprint density at radius 1 is 1.33 bits per heavy atom. The van der Waals surface area contributed by atoms with Crippen LogP contribution in [0.4, 0.5) is 0 Å². The molecule has 0 saturated carbocycles. The fourth-order valence-corrected chi connectivity index (χ4v) is 2.49. The van der Waals surface area contributed by atoms with E-state index in [1.54, 1.807) is 0 Å². The Morgan fingerprint density at radius 3 is 2.67 bits per heavy atom. The fraction of sp³-hybridized carbons (Fsp3) is 0.562. The summed E-state index contributed by atoms with van der Waals surface area (Å²) in [6, 6.07) is 8.74. The summed E-state index contributed by atoms with van der Waals surface area (Å²) < 4.78 is 0. The topological polar surface area (TPSA) is 36.4 Å². The highest BCUT2D eigenvalue weighted by atomic mass is 127. The van der Waals surface area contributed by atoms with Gasteiger partial charge in [0, 0.05) is 13.1 Å². The molecule has 0 aliphatic rings. The van der Waals surface area contributed by atoms with Gasteiger partial charge in [0.2, 0.25) is 0 Å². The molecule has 1 aromatic carbocycles. The second-order valence-corrected chi connectivity index (χ2v) is 5.82. The fourth-order valence-electron chi connectivity index (χ4n) is 2.08. The Kier molecular flexibility index (Phi) is 11.9. The molecule has 120 valence electrons. The minimum absolute atomic E-state index is 0. The van der Waals surface area contributed by atoms with Crippen molar-refractivity contribution in [2.45, 2.75) is 33.2 Å². The van der Waals surface area contributed by atoms with Crippen LogP contribution in [0.2, 0.25) is 0 Å². The summed E-state index contributed by atoms with van der Waals surface area (Å²) in [7, 11) is 0. The highest BCUT2D eigenvalue weighted by molar-refractivity contribution is 14.0. The van der Waals surface area contributed by atoms with Gasteiger partial charge in [0.25, 0.3) is 0 Å². The summed E-state index contributed by atoms with van der Waals surface area (Å²) in [5.41, 5.74) is 2.63. The number of guanidine groups is 1. The number of benzene rings is 1. The number of rotatable bonds is 7. The lowest BCUT2D eigenvalue weighted by atomic mass is 10.0. The largest absolute Gasteiger partial charge is 0.357 e. The summed E-state index contributed by atoms with van der Waals surface area (Å²) in [6.45, 7) is 8.18. The smallest absolute Gasteiger partial charge is 0.191 e. The van der Waals surface area contributed by atoms with Crippen LogP contribution in [0.1, 0.15) is 37.4 Å². The van der Waals surface area contributed by atoms with Crippen molar-refractivity contribution in [3.05, 3.63) is 35.4 Å². The molecule has 0 bridgehead atoms. The number of nitrogens with zero attached hydrogens (tertiary/aromatic N) is 1. The lowest BCUT2D eigenvalue weighted by Crippen LogP contribution is -2.39. The van der Waals surface area contributed by atoms with Crippen molar-refractivity contribution in [3.8, 4) is 0 Å². The van der Waals surface area contributed by atoms with Crippen molar-refractivity contribution in [1.29, 1.82) is 0 Å². The molecule has 1 rings (SSSR count). The van der Waals surface area contributed by atoms with Crippen LogP contribution < -0.4 is 10.6 Å². The van der Waals surface area contributed by atoms with E-state index in [-0.39, 0.29) is 30.0 Å². The van der Waals surface area contributed by atoms with Crippen LogP contribution in [-0.4, -0.2) is 31.1 Å². The first-order chi connectivity index (χ1) is 9.69. The number of aliphatic imine (C=N–C) groups is 1. The minimum atomic E-state index is 0. The van der Waals surface area contributed by atoms with Crippen LogP contribution in [0.25, 0.3) is 0 Å². The Morgan fingerprint density at radius 2 is 2.05 bits per heavy atom. The molecule has 0 amide bonds. The number of hydrogen-bond acceptors (Lipinski definition) is 2. The normalized spacial score (nSPS) is 12.5. The molecule has 1 aromatic rings. The molecule has 0 fully saturated rings. The van der Waals surface area contributed by atoms with Crippen molar-refractivity contribution in [2.24, 2.45) is 4.99 Å². The van der Waals surface area contributed by atoms with E-state index in [0.29, 0.717) is 0 Å². The summed E-state index contributed by atoms with van der Waals surface area (Å²) in [5, 5.41) is 6.80. The average Bonchev–Trinajstić information content (AvgIpc) is 2.44. The summed E-state index contributed by atoms with van der Waals surface area (Å²) in [6.07, 6.45) is 3.25. The van der Waals surface area contributed by atoms with E-state index < -0.39 is 0 Å². The summed E-state index contributed by atoms with van der Waals surface area (Å²) in [5.74, 6) is 2.07. The molecule has 21 heavy (non-hydrogen) atoms. The lowest BCUT2D eigenvalue weighted by Gasteiger charge is -2.19. The van der Waals surface area contributed by atoms with E-state index in [1.807, 2.05) is 11.8 Å². The van der Waals surface area contributed by atoms with Crippen LogP contribution >= 0.6 is 35.7 Å². The molecular weight excluding hydrogens is 393 g/mol. The van der Waals surface area contributed by atoms with Crippen molar-refractivity contribution < 1.29 is 0 Å². The van der Waals surface area contributed by atoms with Crippen molar-refractivity contribution in [3.63, 3.8) is 0 Å². The highest BCUT2D eigenvalue weighted by Gasteiger charge is 2.09. The molecule has 5 heteroatoms. The molecule has 0 aliphatic carbocycles. The van der Waals surface area contributed by atoms with Gasteiger partial charge in [-0.2, -0.15) is 11.8 Å². The van der Waals surface area contributed by atoms with Crippen molar-refractivity contribution in [1.82, 2.24) is 10.6 Å². The van der Waals surface area contributed by atoms with Crippen LogP contribution in [0.15, 0.2) is 29.3 Å². The molecule has 0 aliphatic heterocycles. The number of nitrogens with one attached hydrogen (secondary N) is 2. The zero-order valence-corrected chi connectivity index (χ0v) is 16.6. The monoisotopic (exact) mass is 421 g/mol. The number of thioether (sulfide) groups is 1. The van der Waals surface area contributed by atoms with Gasteiger partial charge >= 0.3 is 0 Å². The molecule has 1 atom stereocenters. The molecule has 1 unspecified atom stereocenters. The molecule has 0 aromatic heterocycles. The van der Waals surface area contributed by atoms with E-state index >= 15 is 0 Å². The zero-order chi connectivity index (χ0) is 14.8. The van der Waals surface area contributed by atoms with E-state index in [9.17, 15) is 0 Å². The highest BCUT2D eigenvalue weighted by Crippen LogP contribution is 2.16. The van der Waals surface area contributed by atoms with E-state index in [1.165, 1.54) is 11.1 Å². The third kappa shape index (κ3) is 7.95. The van der Waals surface area contributed by atoms with Gasteiger partial charge in [0.15, 0.2) is 5.96 Å². The molecule has 2 N–H and O–H groups in total. The molecule has 0 heterocycles. The lowest BCUT2D eigenvalue weighted by molar-refractivity contribution is 0.682. The second kappa shape index (κ2) is 12.1. The van der Waals surface area contributed by atoms with Crippen LogP contribution in [0.5, 0.6) is 0 Å². The Balaban J connectivity index is 0.00000400. The van der Waals surface area contributed by atoms with E-state index in [0.717, 1.165) is 31.2 Å². The maximum atomic E-state index is 4.63. The van der Waals surface area contributed by atoms with Crippen LogP contribution in [-0.2, 0) is 0 Å². The van der Waals surface area contributed by atoms with Gasteiger partial charge in [-0.05, 0) is 50.3 Å². The maximum absolute atomic E-state index is 4.63. The maximum Gasteiger partial charge on any atom is 0.191 e. The molecule has 0 spiro atoms. The van der Waals surface area contributed by atoms with Crippen LogP contribution in [0.3, 0.4) is 0 Å². The van der Waals surface area contributed by atoms with Gasteiger partial charge in [0.05, 0.1) is 6.04 Å². The van der Waals surface area contributed by atoms with Gasteiger partial charge in [-0.25, -0.2) is 0 Å². The van der Waals surface area contributed by atoms with Gasteiger partial charge in [-0.15, -0.1) is 24.0 Å². The summed E-state index contributed by atoms with van der Waals surface area (Å²) in [4.78, 5) is 4.63. The molecule has 0 saturated heterocycles. The standard InChI is InChI=1S/C16H27N3S.HI/c1-5-17-16(18-11-8-12-20-4)19-14(3)15-10-7-6-9-13(15)2;/h6-7,9-10,14H,5,8,11-12H2,1-4H3,(H2,17,18,19);1H. The third-order valence-corrected chi connectivity index (χ3v) is 3.83. The van der Waals surface area contributed by atoms with Crippen molar-refractivity contribution >= 4 is 41.7 Å². The molecule has 0 radical (unpaired) electrons. The van der Waals surface area contributed by atoms with Gasteiger partial charge in [-0.3, -0.25) is 4.99 Å². The average molecular weight is 421 g/mol. The predicted molar refractivity (Wildman–Crippen MR) is 107 cm³/mol. The van der Waals surface area contributed by atoms with E-state index in [4.69, 9.17) is 0 Å².